The number of hydrogen-bond acceptors (Lipinski definition) is 2. The number of rotatable bonds is 4. The minimum atomic E-state index is 0.251. The van der Waals surface area contributed by atoms with E-state index in [0.29, 0.717) is 11.5 Å². The first-order valence-corrected chi connectivity index (χ1v) is 7.27. The summed E-state index contributed by atoms with van der Waals surface area (Å²) in [6.45, 7) is 0. The number of terminal acetylenes is 1. The van der Waals surface area contributed by atoms with Crippen molar-refractivity contribution >= 4 is 23.2 Å². The highest BCUT2D eigenvalue weighted by Crippen LogP contribution is 2.31. The molecule has 0 unspecified atom stereocenters. The second-order valence-electron chi connectivity index (χ2n) is 3.76. The van der Waals surface area contributed by atoms with Crippen LogP contribution in [0.25, 0.3) is 0 Å². The van der Waals surface area contributed by atoms with Crippen molar-refractivity contribution in [3.8, 4) is 71.4 Å². The van der Waals surface area contributed by atoms with Crippen LogP contribution in [0, 0.1) is 59.9 Å². The van der Waals surface area contributed by atoms with Gasteiger partial charge in [0.1, 0.15) is 17.6 Å². The average Bonchev–Trinajstić information content (AvgIpc) is 2.59. The zero-order chi connectivity index (χ0) is 16.9. The highest BCUT2D eigenvalue weighted by atomic mass is 35.5. The van der Waals surface area contributed by atoms with E-state index in [2.05, 4.69) is 53.5 Å². The number of alkyl halides is 2. The van der Waals surface area contributed by atoms with Crippen molar-refractivity contribution in [2.75, 3.05) is 7.11 Å². The normalized spacial score (nSPS) is 7.57. The van der Waals surface area contributed by atoms with Crippen molar-refractivity contribution in [1.82, 2.24) is 0 Å². The minimum Gasteiger partial charge on any atom is -0.496 e. The number of hydrogen-bond donors (Lipinski definition) is 0. The monoisotopic (exact) mass is 340 g/mol. The van der Waals surface area contributed by atoms with Crippen molar-refractivity contribution in [2.24, 2.45) is 0 Å². The van der Waals surface area contributed by atoms with Gasteiger partial charge >= 0.3 is 0 Å². The molecule has 1 rings (SSSR count). The summed E-state index contributed by atoms with van der Waals surface area (Å²) < 4.78 is 10.6. The molecule has 0 saturated carbocycles. The lowest BCUT2D eigenvalue weighted by Gasteiger charge is -2.11. The Morgan fingerprint density at radius 2 is 1.39 bits per heavy atom. The van der Waals surface area contributed by atoms with Crippen molar-refractivity contribution in [2.45, 2.75) is 11.8 Å². The molecule has 0 aliphatic rings. The van der Waals surface area contributed by atoms with Crippen LogP contribution in [-0.4, -0.2) is 7.11 Å². The number of methoxy groups -OCH3 is 1. The van der Waals surface area contributed by atoms with Gasteiger partial charge in [0, 0.05) is 34.8 Å². The van der Waals surface area contributed by atoms with Crippen LogP contribution in [0.4, 0.5) is 0 Å². The Morgan fingerprint density at radius 3 is 1.96 bits per heavy atom. The molecule has 0 aliphatic carbocycles. The molecule has 0 aliphatic heterocycles. The summed E-state index contributed by atoms with van der Waals surface area (Å²) in [6.07, 6.45) is 7.40. The standard InChI is InChI=1S/C19H10Cl2O2/c1-3-4-5-6-7-8-9-10-11-23-19-13-16(14-20)18(22-2)12-17(19)15-21/h1,12-13H,14-15H2,2H3. The molecule has 0 aromatic heterocycles. The van der Waals surface area contributed by atoms with E-state index in [1.54, 1.807) is 19.2 Å². The van der Waals surface area contributed by atoms with Gasteiger partial charge in [0.2, 0.25) is 0 Å². The Bertz CT molecular complexity index is 848. The van der Waals surface area contributed by atoms with Crippen LogP contribution in [-0.2, 0) is 11.8 Å². The summed E-state index contributed by atoms with van der Waals surface area (Å²) in [4.78, 5) is 0. The van der Waals surface area contributed by atoms with Gasteiger partial charge in [0.05, 0.1) is 18.9 Å². The summed E-state index contributed by atoms with van der Waals surface area (Å²) in [7, 11) is 1.56. The topological polar surface area (TPSA) is 18.5 Å². The third-order valence-corrected chi connectivity index (χ3v) is 2.99. The fourth-order valence-electron chi connectivity index (χ4n) is 1.44. The fraction of sp³-hybridized carbons (Fsp3) is 0.158. The van der Waals surface area contributed by atoms with Gasteiger partial charge < -0.3 is 9.47 Å². The molecule has 23 heavy (non-hydrogen) atoms. The van der Waals surface area contributed by atoms with Gasteiger partial charge in [-0.25, -0.2) is 0 Å². The molecular formula is C19H10Cl2O2. The van der Waals surface area contributed by atoms with Crippen LogP contribution >= 0.6 is 23.2 Å². The van der Waals surface area contributed by atoms with E-state index in [9.17, 15) is 0 Å². The largest absolute Gasteiger partial charge is 0.496 e. The quantitative estimate of drug-likeness (QED) is 0.619. The van der Waals surface area contributed by atoms with Gasteiger partial charge in [-0.05, 0) is 35.8 Å². The van der Waals surface area contributed by atoms with Gasteiger partial charge in [-0.1, -0.05) is 0 Å². The predicted octanol–water partition coefficient (Wildman–Crippen LogP) is 3.16. The van der Waals surface area contributed by atoms with E-state index in [1.165, 1.54) is 0 Å². The van der Waals surface area contributed by atoms with Gasteiger partial charge in [0.15, 0.2) is 0 Å². The molecular weight excluding hydrogens is 331 g/mol. The van der Waals surface area contributed by atoms with Crippen LogP contribution in [0.3, 0.4) is 0 Å². The zero-order valence-electron chi connectivity index (χ0n) is 12.2. The van der Waals surface area contributed by atoms with Crippen LogP contribution < -0.4 is 9.47 Å². The second-order valence-corrected chi connectivity index (χ2v) is 4.30. The lowest BCUT2D eigenvalue weighted by molar-refractivity contribution is 0.409. The first-order valence-electron chi connectivity index (χ1n) is 6.21. The van der Waals surface area contributed by atoms with E-state index in [0.717, 1.165) is 11.1 Å². The van der Waals surface area contributed by atoms with E-state index in [1.807, 2.05) is 0 Å². The Hall–Kier alpha value is -2.80. The Balaban J connectivity index is 2.86. The van der Waals surface area contributed by atoms with Crippen LogP contribution in [0.1, 0.15) is 11.1 Å². The average molecular weight is 341 g/mol. The molecule has 0 spiro atoms. The highest BCUT2D eigenvalue weighted by Gasteiger charge is 2.10. The van der Waals surface area contributed by atoms with E-state index < -0.39 is 0 Å². The SMILES string of the molecule is C#CC#CC#CC#CC#COc1cc(CCl)c(OC)cc1CCl. The summed E-state index contributed by atoms with van der Waals surface area (Å²) >= 11 is 11.8. The van der Waals surface area contributed by atoms with E-state index >= 15 is 0 Å². The summed E-state index contributed by atoms with van der Waals surface area (Å²) in [5.74, 6) is 21.1. The molecule has 112 valence electrons. The maximum atomic E-state index is 5.89. The number of halogens is 2. The van der Waals surface area contributed by atoms with Gasteiger partial charge in [-0.3, -0.25) is 0 Å². The Kier molecular flexibility index (Phi) is 8.62. The number of benzene rings is 1. The molecule has 4 heteroatoms. The van der Waals surface area contributed by atoms with Crippen LogP contribution in [0.2, 0.25) is 0 Å². The lowest BCUT2D eigenvalue weighted by Crippen LogP contribution is -1.95. The van der Waals surface area contributed by atoms with Gasteiger partial charge in [0.25, 0.3) is 0 Å². The minimum absolute atomic E-state index is 0.251. The molecule has 1 aromatic rings. The maximum absolute atomic E-state index is 5.89. The van der Waals surface area contributed by atoms with Crippen LogP contribution in [0.15, 0.2) is 12.1 Å². The molecule has 0 radical (unpaired) electrons. The zero-order valence-corrected chi connectivity index (χ0v) is 13.7. The summed E-state index contributed by atoms with van der Waals surface area (Å²) in [5, 5.41) is 0. The molecule has 0 N–H and O–H groups in total. The molecule has 0 atom stereocenters. The molecule has 0 bridgehead atoms. The Labute approximate surface area is 146 Å². The molecule has 1 aromatic carbocycles. The third kappa shape index (κ3) is 6.23. The first kappa shape index (κ1) is 18.2. The van der Waals surface area contributed by atoms with Crippen molar-refractivity contribution in [3.63, 3.8) is 0 Å². The maximum Gasteiger partial charge on any atom is 0.145 e. The fourth-order valence-corrected chi connectivity index (χ4v) is 1.85. The second kappa shape index (κ2) is 10.9. The molecule has 0 amide bonds. The van der Waals surface area contributed by atoms with E-state index in [4.69, 9.17) is 39.1 Å². The molecule has 0 heterocycles. The van der Waals surface area contributed by atoms with Crippen molar-refractivity contribution in [1.29, 1.82) is 0 Å². The first-order chi connectivity index (χ1) is 11.3. The van der Waals surface area contributed by atoms with Crippen molar-refractivity contribution < 1.29 is 9.47 Å². The number of ether oxygens (including phenoxy) is 2. The Morgan fingerprint density at radius 1 is 0.870 bits per heavy atom. The third-order valence-electron chi connectivity index (χ3n) is 2.41. The smallest absolute Gasteiger partial charge is 0.145 e. The molecule has 2 nitrogen and oxygen atoms in total. The summed E-state index contributed by atoms with van der Waals surface area (Å²) in [6, 6.07) is 3.50. The van der Waals surface area contributed by atoms with Gasteiger partial charge in [-0.15, -0.1) is 29.6 Å². The molecule has 0 saturated heterocycles. The van der Waals surface area contributed by atoms with Crippen LogP contribution in [0.5, 0.6) is 11.5 Å². The van der Waals surface area contributed by atoms with Crippen molar-refractivity contribution in [3.05, 3.63) is 23.3 Å². The van der Waals surface area contributed by atoms with Gasteiger partial charge in [-0.2, -0.15) is 0 Å². The van der Waals surface area contributed by atoms with E-state index in [-0.39, 0.29) is 11.8 Å². The highest BCUT2D eigenvalue weighted by molar-refractivity contribution is 6.18. The summed E-state index contributed by atoms with van der Waals surface area (Å²) in [5.41, 5.74) is 1.52. The lowest BCUT2D eigenvalue weighted by atomic mass is 10.1. The molecule has 0 fully saturated rings. The predicted molar refractivity (Wildman–Crippen MR) is 92.7 cm³/mol.